The molecule has 1 atom stereocenters. The summed E-state index contributed by atoms with van der Waals surface area (Å²) in [5.74, 6) is 0.320. The molecule has 134 valence electrons. The largest absolute Gasteiger partial charge is 0.481 e. The Morgan fingerprint density at radius 3 is 2.46 bits per heavy atom. The molecule has 0 aliphatic heterocycles. The standard InChI is InChI=1S/C19H18ClN3O2S/c1-11-9-15(10-12(2)16(11)20)25-13(3)17(24)21-19-23-22-18(26-19)14-7-5-4-6-8-14/h4-10,13H,1-3H3,(H,21,23,24). The van der Waals surface area contributed by atoms with Crippen molar-refractivity contribution in [1.82, 2.24) is 10.2 Å². The summed E-state index contributed by atoms with van der Waals surface area (Å²) in [5.41, 5.74) is 2.78. The number of benzene rings is 2. The van der Waals surface area contributed by atoms with Gasteiger partial charge in [-0.15, -0.1) is 10.2 Å². The molecule has 1 unspecified atom stereocenters. The first-order valence-electron chi connectivity index (χ1n) is 8.07. The van der Waals surface area contributed by atoms with Crippen LogP contribution >= 0.6 is 22.9 Å². The number of halogens is 1. The second-order valence-electron chi connectivity index (χ2n) is 5.90. The average molecular weight is 388 g/mol. The van der Waals surface area contributed by atoms with Crippen molar-refractivity contribution >= 4 is 34.0 Å². The van der Waals surface area contributed by atoms with Gasteiger partial charge in [0, 0.05) is 10.6 Å². The molecule has 0 aliphatic rings. The molecule has 1 heterocycles. The van der Waals surface area contributed by atoms with Gasteiger partial charge in [0.25, 0.3) is 5.91 Å². The van der Waals surface area contributed by atoms with Crippen molar-refractivity contribution in [3.05, 3.63) is 58.6 Å². The van der Waals surface area contributed by atoms with Gasteiger partial charge in [0.1, 0.15) is 10.8 Å². The summed E-state index contributed by atoms with van der Waals surface area (Å²) in [7, 11) is 0. The Hall–Kier alpha value is -2.44. The smallest absolute Gasteiger partial charge is 0.266 e. The number of aryl methyl sites for hydroxylation is 2. The SMILES string of the molecule is Cc1cc(OC(C)C(=O)Nc2nnc(-c3ccccc3)s2)cc(C)c1Cl. The highest BCUT2D eigenvalue weighted by Gasteiger charge is 2.18. The number of carbonyl (C=O) groups is 1. The van der Waals surface area contributed by atoms with E-state index >= 15 is 0 Å². The fourth-order valence-electron chi connectivity index (χ4n) is 2.41. The molecule has 3 aromatic rings. The second kappa shape index (κ2) is 7.85. The Bertz CT molecular complexity index is 905. The number of ether oxygens (including phenoxy) is 1. The maximum atomic E-state index is 12.4. The number of amides is 1. The molecule has 26 heavy (non-hydrogen) atoms. The van der Waals surface area contributed by atoms with Crippen LogP contribution in [-0.2, 0) is 4.79 Å². The summed E-state index contributed by atoms with van der Waals surface area (Å²) in [6, 6.07) is 13.3. The van der Waals surface area contributed by atoms with Crippen LogP contribution in [0.2, 0.25) is 5.02 Å². The minimum Gasteiger partial charge on any atom is -0.481 e. The zero-order valence-electron chi connectivity index (χ0n) is 14.6. The van der Waals surface area contributed by atoms with Gasteiger partial charge >= 0.3 is 0 Å². The molecule has 0 saturated heterocycles. The van der Waals surface area contributed by atoms with E-state index in [1.165, 1.54) is 11.3 Å². The summed E-state index contributed by atoms with van der Waals surface area (Å²) in [4.78, 5) is 12.4. The summed E-state index contributed by atoms with van der Waals surface area (Å²) in [5, 5.41) is 12.8. The second-order valence-corrected chi connectivity index (χ2v) is 7.25. The topological polar surface area (TPSA) is 64.1 Å². The first-order valence-corrected chi connectivity index (χ1v) is 9.26. The van der Waals surface area contributed by atoms with E-state index in [1.807, 2.05) is 56.3 Å². The fraction of sp³-hybridized carbons (Fsp3) is 0.211. The van der Waals surface area contributed by atoms with Crippen LogP contribution in [0.5, 0.6) is 5.75 Å². The van der Waals surface area contributed by atoms with Crippen LogP contribution in [0, 0.1) is 13.8 Å². The average Bonchev–Trinajstić information content (AvgIpc) is 3.08. The first-order chi connectivity index (χ1) is 12.4. The van der Waals surface area contributed by atoms with Gasteiger partial charge in [-0.05, 0) is 44.0 Å². The molecule has 0 bridgehead atoms. The van der Waals surface area contributed by atoms with Crippen LogP contribution in [0.4, 0.5) is 5.13 Å². The summed E-state index contributed by atoms with van der Waals surface area (Å²) in [6.45, 7) is 5.49. The van der Waals surface area contributed by atoms with Crippen molar-refractivity contribution in [1.29, 1.82) is 0 Å². The number of nitrogens with zero attached hydrogens (tertiary/aromatic N) is 2. The number of hydrogen-bond acceptors (Lipinski definition) is 5. The summed E-state index contributed by atoms with van der Waals surface area (Å²) >= 11 is 7.48. The molecule has 3 rings (SSSR count). The highest BCUT2D eigenvalue weighted by Crippen LogP contribution is 2.28. The number of anilines is 1. The van der Waals surface area contributed by atoms with E-state index in [0.29, 0.717) is 15.9 Å². The van der Waals surface area contributed by atoms with Gasteiger partial charge in [-0.25, -0.2) is 0 Å². The van der Waals surface area contributed by atoms with Gasteiger partial charge in [-0.2, -0.15) is 0 Å². The third-order valence-corrected chi connectivity index (χ3v) is 5.25. The normalized spacial score (nSPS) is 11.8. The Labute approximate surface area is 161 Å². The Kier molecular flexibility index (Phi) is 5.54. The minimum atomic E-state index is -0.681. The van der Waals surface area contributed by atoms with Crippen molar-refractivity contribution < 1.29 is 9.53 Å². The number of aromatic nitrogens is 2. The van der Waals surface area contributed by atoms with E-state index in [-0.39, 0.29) is 5.91 Å². The van der Waals surface area contributed by atoms with E-state index < -0.39 is 6.10 Å². The monoisotopic (exact) mass is 387 g/mol. The van der Waals surface area contributed by atoms with Crippen LogP contribution in [-0.4, -0.2) is 22.2 Å². The predicted molar refractivity (Wildman–Crippen MR) is 105 cm³/mol. The molecule has 5 nitrogen and oxygen atoms in total. The Morgan fingerprint density at radius 1 is 1.15 bits per heavy atom. The van der Waals surface area contributed by atoms with Crippen LogP contribution in [0.3, 0.4) is 0 Å². The molecule has 7 heteroatoms. The van der Waals surface area contributed by atoms with Crippen LogP contribution in [0.25, 0.3) is 10.6 Å². The van der Waals surface area contributed by atoms with Crippen molar-refractivity contribution in [2.24, 2.45) is 0 Å². The Balaban J connectivity index is 1.66. The lowest BCUT2D eigenvalue weighted by atomic mass is 10.1. The molecule has 0 spiro atoms. The van der Waals surface area contributed by atoms with Gasteiger partial charge in [-0.3, -0.25) is 10.1 Å². The third-order valence-electron chi connectivity index (χ3n) is 3.77. The maximum Gasteiger partial charge on any atom is 0.266 e. The Morgan fingerprint density at radius 2 is 1.81 bits per heavy atom. The molecule has 0 radical (unpaired) electrons. The van der Waals surface area contributed by atoms with Crippen LogP contribution in [0.1, 0.15) is 18.1 Å². The van der Waals surface area contributed by atoms with E-state index in [9.17, 15) is 4.79 Å². The molecular weight excluding hydrogens is 370 g/mol. The molecule has 1 aromatic heterocycles. The number of nitrogens with one attached hydrogen (secondary N) is 1. The number of hydrogen-bond donors (Lipinski definition) is 1. The molecule has 0 saturated carbocycles. The van der Waals surface area contributed by atoms with Gasteiger partial charge in [0.2, 0.25) is 5.13 Å². The van der Waals surface area contributed by atoms with Gasteiger partial charge < -0.3 is 4.74 Å². The highest BCUT2D eigenvalue weighted by molar-refractivity contribution is 7.18. The van der Waals surface area contributed by atoms with Crippen molar-refractivity contribution in [3.8, 4) is 16.3 Å². The summed E-state index contributed by atoms with van der Waals surface area (Å²) < 4.78 is 5.74. The van der Waals surface area contributed by atoms with Crippen molar-refractivity contribution in [3.63, 3.8) is 0 Å². The van der Waals surface area contributed by atoms with E-state index in [1.54, 1.807) is 6.92 Å². The highest BCUT2D eigenvalue weighted by atomic mass is 35.5. The fourth-order valence-corrected chi connectivity index (χ4v) is 3.27. The molecule has 1 N–H and O–H groups in total. The van der Waals surface area contributed by atoms with Gasteiger partial charge in [0.05, 0.1) is 0 Å². The minimum absolute atomic E-state index is 0.286. The molecule has 2 aromatic carbocycles. The van der Waals surface area contributed by atoms with Crippen LogP contribution < -0.4 is 10.1 Å². The maximum absolute atomic E-state index is 12.4. The van der Waals surface area contributed by atoms with Crippen molar-refractivity contribution in [2.75, 3.05) is 5.32 Å². The molecule has 1 amide bonds. The number of rotatable bonds is 5. The predicted octanol–water partition coefficient (Wildman–Crippen LogP) is 4.88. The van der Waals surface area contributed by atoms with E-state index in [2.05, 4.69) is 15.5 Å². The van der Waals surface area contributed by atoms with Gasteiger partial charge in [-0.1, -0.05) is 53.3 Å². The van der Waals surface area contributed by atoms with Crippen molar-refractivity contribution in [2.45, 2.75) is 26.9 Å². The lowest BCUT2D eigenvalue weighted by molar-refractivity contribution is -0.122. The van der Waals surface area contributed by atoms with E-state index in [0.717, 1.165) is 21.7 Å². The lowest BCUT2D eigenvalue weighted by Gasteiger charge is -2.15. The van der Waals surface area contributed by atoms with E-state index in [4.69, 9.17) is 16.3 Å². The van der Waals surface area contributed by atoms with Crippen LogP contribution in [0.15, 0.2) is 42.5 Å². The quantitative estimate of drug-likeness (QED) is 0.677. The molecular formula is C19H18ClN3O2S. The lowest BCUT2D eigenvalue weighted by Crippen LogP contribution is -2.30. The number of carbonyl (C=O) groups excluding carboxylic acids is 1. The third kappa shape index (κ3) is 4.20. The van der Waals surface area contributed by atoms with Gasteiger partial charge in [0.15, 0.2) is 6.10 Å². The molecule has 0 fully saturated rings. The first kappa shape index (κ1) is 18.4. The zero-order chi connectivity index (χ0) is 18.7. The summed E-state index contributed by atoms with van der Waals surface area (Å²) in [6.07, 6.45) is -0.681. The molecule has 0 aliphatic carbocycles. The zero-order valence-corrected chi connectivity index (χ0v) is 16.2.